The summed E-state index contributed by atoms with van der Waals surface area (Å²) >= 11 is 0. The molecule has 1 heteroatoms. The lowest BCUT2D eigenvalue weighted by atomic mass is 10.1. The molecule has 0 heterocycles. The van der Waals surface area contributed by atoms with Crippen LogP contribution < -0.4 is 0 Å². The highest BCUT2D eigenvalue weighted by atomic mass is 19.1. The second-order valence-corrected chi connectivity index (χ2v) is 3.71. The van der Waals surface area contributed by atoms with Crippen molar-refractivity contribution >= 4 is 0 Å². The Morgan fingerprint density at radius 2 is 1.78 bits per heavy atom. The van der Waals surface area contributed by atoms with Crippen molar-refractivity contribution in [2.75, 3.05) is 0 Å². The molecule has 0 aromatic heterocycles. The Balaban J connectivity index is 2.52. The second kappa shape index (κ2) is 1.71. The van der Waals surface area contributed by atoms with Gasteiger partial charge < -0.3 is 0 Å². The summed E-state index contributed by atoms with van der Waals surface area (Å²) in [6.45, 7) is 7.88. The fraction of sp³-hybridized carbons (Fsp3) is 1.00. The van der Waals surface area contributed by atoms with E-state index in [9.17, 15) is 4.39 Å². The van der Waals surface area contributed by atoms with Crippen LogP contribution in [0.1, 0.15) is 27.7 Å². The van der Waals surface area contributed by atoms with Gasteiger partial charge in [0.1, 0.15) is 5.67 Å². The van der Waals surface area contributed by atoms with E-state index in [-0.39, 0.29) is 5.92 Å². The van der Waals surface area contributed by atoms with Crippen LogP contribution in [-0.2, 0) is 0 Å². The van der Waals surface area contributed by atoms with Gasteiger partial charge in [-0.2, -0.15) is 0 Å². The van der Waals surface area contributed by atoms with E-state index in [1.807, 2.05) is 6.92 Å². The molecule has 3 unspecified atom stereocenters. The number of halogens is 1. The Labute approximate surface area is 56.5 Å². The molecule has 1 fully saturated rings. The van der Waals surface area contributed by atoms with Gasteiger partial charge in [0.15, 0.2) is 0 Å². The highest BCUT2D eigenvalue weighted by Crippen LogP contribution is 2.56. The molecule has 0 N–H and O–H groups in total. The SMILES string of the molecule is CC(C)C1C(C)C1(C)F. The van der Waals surface area contributed by atoms with Crippen LogP contribution in [0.2, 0.25) is 0 Å². The van der Waals surface area contributed by atoms with Crippen molar-refractivity contribution in [2.24, 2.45) is 17.8 Å². The molecule has 0 aromatic rings. The zero-order valence-corrected chi connectivity index (χ0v) is 6.61. The average Bonchev–Trinajstić information content (AvgIpc) is 2.07. The summed E-state index contributed by atoms with van der Waals surface area (Å²) < 4.78 is 13.1. The topological polar surface area (TPSA) is 0 Å². The summed E-state index contributed by atoms with van der Waals surface area (Å²) in [5.41, 5.74) is -0.853. The predicted molar refractivity (Wildman–Crippen MR) is 37.0 cm³/mol. The zero-order valence-electron chi connectivity index (χ0n) is 6.61. The molecular formula is C8H15F. The molecule has 1 aliphatic rings. The number of rotatable bonds is 1. The van der Waals surface area contributed by atoms with Crippen LogP contribution in [-0.4, -0.2) is 5.67 Å². The molecule has 0 radical (unpaired) electrons. The molecule has 0 amide bonds. The Bertz CT molecular complexity index is 116. The molecule has 3 atom stereocenters. The molecule has 0 aliphatic heterocycles. The molecule has 1 aliphatic carbocycles. The lowest BCUT2D eigenvalue weighted by molar-refractivity contribution is 0.276. The van der Waals surface area contributed by atoms with E-state index in [1.165, 1.54) is 0 Å². The average molecular weight is 130 g/mol. The molecule has 0 aromatic carbocycles. The van der Waals surface area contributed by atoms with E-state index >= 15 is 0 Å². The molecular weight excluding hydrogens is 115 g/mol. The third-order valence-corrected chi connectivity index (χ3v) is 2.69. The van der Waals surface area contributed by atoms with Crippen LogP contribution in [0.15, 0.2) is 0 Å². The van der Waals surface area contributed by atoms with E-state index in [0.717, 1.165) is 0 Å². The van der Waals surface area contributed by atoms with Crippen LogP contribution in [0.5, 0.6) is 0 Å². The fourth-order valence-electron chi connectivity index (χ4n) is 1.95. The number of hydrogen-bond donors (Lipinski definition) is 0. The van der Waals surface area contributed by atoms with Gasteiger partial charge in [0, 0.05) is 5.92 Å². The largest absolute Gasteiger partial charge is 0.244 e. The molecule has 0 nitrogen and oxygen atoms in total. The predicted octanol–water partition coefficient (Wildman–Crippen LogP) is 2.64. The summed E-state index contributed by atoms with van der Waals surface area (Å²) in [6, 6.07) is 0. The first-order chi connectivity index (χ1) is 3.98. The molecule has 1 saturated carbocycles. The first kappa shape index (κ1) is 7.04. The van der Waals surface area contributed by atoms with Gasteiger partial charge in [-0.05, 0) is 18.8 Å². The highest BCUT2D eigenvalue weighted by Gasteiger charge is 2.60. The van der Waals surface area contributed by atoms with Gasteiger partial charge >= 0.3 is 0 Å². The van der Waals surface area contributed by atoms with Crippen molar-refractivity contribution in [3.63, 3.8) is 0 Å². The smallest absolute Gasteiger partial charge is 0.114 e. The minimum atomic E-state index is -0.853. The Morgan fingerprint density at radius 3 is 1.78 bits per heavy atom. The molecule has 0 saturated heterocycles. The lowest BCUT2D eigenvalue weighted by Crippen LogP contribution is -2.01. The highest BCUT2D eigenvalue weighted by molar-refractivity contribution is 5.08. The van der Waals surface area contributed by atoms with Crippen molar-refractivity contribution in [2.45, 2.75) is 33.4 Å². The maximum absolute atomic E-state index is 13.1. The van der Waals surface area contributed by atoms with Crippen molar-refractivity contribution in [1.29, 1.82) is 0 Å². The molecule has 1 rings (SSSR count). The Kier molecular flexibility index (Phi) is 1.34. The summed E-state index contributed by atoms with van der Waals surface area (Å²) in [4.78, 5) is 0. The fourth-order valence-corrected chi connectivity index (χ4v) is 1.95. The third-order valence-electron chi connectivity index (χ3n) is 2.69. The van der Waals surface area contributed by atoms with Gasteiger partial charge in [0.2, 0.25) is 0 Å². The lowest BCUT2D eigenvalue weighted by Gasteiger charge is -2.01. The van der Waals surface area contributed by atoms with Crippen LogP contribution in [0.3, 0.4) is 0 Å². The number of hydrogen-bond acceptors (Lipinski definition) is 0. The van der Waals surface area contributed by atoms with Crippen molar-refractivity contribution in [3.05, 3.63) is 0 Å². The number of alkyl halides is 1. The molecule has 0 bridgehead atoms. The van der Waals surface area contributed by atoms with Crippen LogP contribution >= 0.6 is 0 Å². The quantitative estimate of drug-likeness (QED) is 0.512. The van der Waals surface area contributed by atoms with Gasteiger partial charge in [-0.25, -0.2) is 4.39 Å². The van der Waals surface area contributed by atoms with Crippen molar-refractivity contribution in [3.8, 4) is 0 Å². The van der Waals surface area contributed by atoms with Gasteiger partial charge in [-0.1, -0.05) is 20.8 Å². The van der Waals surface area contributed by atoms with Crippen molar-refractivity contribution in [1.82, 2.24) is 0 Å². The zero-order chi connectivity index (χ0) is 7.23. The third kappa shape index (κ3) is 0.867. The maximum atomic E-state index is 13.1. The van der Waals surface area contributed by atoms with E-state index in [0.29, 0.717) is 11.8 Å². The monoisotopic (exact) mass is 130 g/mol. The van der Waals surface area contributed by atoms with E-state index in [2.05, 4.69) is 13.8 Å². The summed E-state index contributed by atoms with van der Waals surface area (Å²) in [6.07, 6.45) is 0. The Morgan fingerprint density at radius 1 is 1.44 bits per heavy atom. The van der Waals surface area contributed by atoms with Gasteiger partial charge in [0.05, 0.1) is 0 Å². The minimum absolute atomic E-state index is 0.289. The van der Waals surface area contributed by atoms with Crippen LogP contribution in [0.25, 0.3) is 0 Å². The maximum Gasteiger partial charge on any atom is 0.114 e. The standard InChI is InChI=1S/C8H15F/c1-5(2)7-6(3)8(7,4)9/h5-7H,1-4H3. The van der Waals surface area contributed by atoms with Crippen LogP contribution in [0.4, 0.5) is 4.39 Å². The normalized spacial score (nSPS) is 50.0. The molecule has 0 spiro atoms. The van der Waals surface area contributed by atoms with Gasteiger partial charge in [0.25, 0.3) is 0 Å². The van der Waals surface area contributed by atoms with Gasteiger partial charge in [-0.3, -0.25) is 0 Å². The van der Waals surface area contributed by atoms with Crippen molar-refractivity contribution < 1.29 is 4.39 Å². The van der Waals surface area contributed by atoms with E-state index < -0.39 is 5.67 Å². The van der Waals surface area contributed by atoms with E-state index in [4.69, 9.17) is 0 Å². The second-order valence-electron chi connectivity index (χ2n) is 3.71. The van der Waals surface area contributed by atoms with Gasteiger partial charge in [-0.15, -0.1) is 0 Å². The summed E-state index contributed by atoms with van der Waals surface area (Å²) in [7, 11) is 0. The molecule has 9 heavy (non-hydrogen) atoms. The van der Waals surface area contributed by atoms with Crippen LogP contribution in [0, 0.1) is 17.8 Å². The minimum Gasteiger partial charge on any atom is -0.244 e. The summed E-state index contributed by atoms with van der Waals surface area (Å²) in [5.74, 6) is 1.12. The van der Waals surface area contributed by atoms with E-state index in [1.54, 1.807) is 6.92 Å². The first-order valence-corrected chi connectivity index (χ1v) is 3.67. The first-order valence-electron chi connectivity index (χ1n) is 3.67. The Hall–Kier alpha value is -0.0700. The summed E-state index contributed by atoms with van der Waals surface area (Å²) in [5, 5.41) is 0. The molecule has 54 valence electrons.